The Balaban J connectivity index is 2.35. The molecule has 1 N–H and O–H groups in total. The minimum absolute atomic E-state index is 0.102. The first kappa shape index (κ1) is 14.2. The average molecular weight is 274 g/mol. The smallest absolute Gasteiger partial charge is 0.311 e. The lowest BCUT2D eigenvalue weighted by atomic mass is 10.0. The van der Waals surface area contributed by atoms with Crippen molar-refractivity contribution in [3.05, 3.63) is 41.2 Å². The van der Waals surface area contributed by atoms with Crippen LogP contribution < -0.4 is 4.74 Å². The summed E-state index contributed by atoms with van der Waals surface area (Å²) in [7, 11) is 0. The third-order valence-electron chi connectivity index (χ3n) is 3.07. The van der Waals surface area contributed by atoms with Gasteiger partial charge in [-0.25, -0.2) is 0 Å². The lowest BCUT2D eigenvalue weighted by Crippen LogP contribution is -1.98. The number of furan rings is 1. The van der Waals surface area contributed by atoms with E-state index in [1.807, 2.05) is 32.9 Å². The van der Waals surface area contributed by atoms with E-state index < -0.39 is 5.97 Å². The van der Waals surface area contributed by atoms with Gasteiger partial charge in [-0.05, 0) is 56.2 Å². The van der Waals surface area contributed by atoms with Crippen LogP contribution in [-0.4, -0.2) is 17.7 Å². The van der Waals surface area contributed by atoms with E-state index in [9.17, 15) is 4.79 Å². The maximum Gasteiger partial charge on any atom is 0.311 e. The highest BCUT2D eigenvalue weighted by Gasteiger charge is 2.12. The number of aryl methyl sites for hydroxylation is 2. The molecule has 0 fully saturated rings. The van der Waals surface area contributed by atoms with Crippen LogP contribution in [0.5, 0.6) is 5.75 Å². The van der Waals surface area contributed by atoms with Crippen LogP contribution in [0.3, 0.4) is 0 Å². The number of rotatable bonds is 5. The topological polar surface area (TPSA) is 59.7 Å². The molecular weight excluding hydrogens is 256 g/mol. The van der Waals surface area contributed by atoms with Gasteiger partial charge in [0.1, 0.15) is 23.7 Å². The third-order valence-corrected chi connectivity index (χ3v) is 3.07. The number of carbonyl (C=O) groups is 1. The van der Waals surface area contributed by atoms with Crippen molar-refractivity contribution in [2.45, 2.75) is 27.2 Å². The van der Waals surface area contributed by atoms with Gasteiger partial charge in [0.25, 0.3) is 0 Å². The number of ether oxygens (including phenoxy) is 1. The van der Waals surface area contributed by atoms with Gasteiger partial charge < -0.3 is 14.3 Å². The predicted octanol–water partition coefficient (Wildman–Crippen LogP) is 3.59. The molecule has 106 valence electrons. The van der Waals surface area contributed by atoms with E-state index in [-0.39, 0.29) is 6.42 Å². The van der Waals surface area contributed by atoms with Crippen LogP contribution in [0.1, 0.15) is 23.8 Å². The highest BCUT2D eigenvalue weighted by atomic mass is 16.5. The second kappa shape index (κ2) is 5.82. The van der Waals surface area contributed by atoms with Crippen molar-refractivity contribution < 1.29 is 19.1 Å². The molecule has 4 heteroatoms. The first-order chi connectivity index (χ1) is 9.51. The molecule has 0 atom stereocenters. The van der Waals surface area contributed by atoms with Crippen molar-refractivity contribution in [1.82, 2.24) is 0 Å². The molecule has 20 heavy (non-hydrogen) atoms. The second-order valence-electron chi connectivity index (χ2n) is 4.70. The van der Waals surface area contributed by atoms with Crippen molar-refractivity contribution in [2.75, 3.05) is 6.61 Å². The molecule has 0 aliphatic heterocycles. The summed E-state index contributed by atoms with van der Waals surface area (Å²) in [5, 5.41) is 8.76. The zero-order valence-electron chi connectivity index (χ0n) is 11.9. The fourth-order valence-corrected chi connectivity index (χ4v) is 2.13. The second-order valence-corrected chi connectivity index (χ2v) is 4.70. The lowest BCUT2D eigenvalue weighted by molar-refractivity contribution is -0.136. The van der Waals surface area contributed by atoms with Gasteiger partial charge >= 0.3 is 5.97 Å². The summed E-state index contributed by atoms with van der Waals surface area (Å²) in [6.45, 7) is 6.54. The summed E-state index contributed by atoms with van der Waals surface area (Å²) in [5.41, 5.74) is 3.03. The molecule has 4 nitrogen and oxygen atoms in total. The summed E-state index contributed by atoms with van der Waals surface area (Å²) >= 11 is 0. The number of hydrogen-bond donors (Lipinski definition) is 1. The summed E-state index contributed by atoms with van der Waals surface area (Å²) in [6, 6.07) is 7.49. The molecule has 0 bridgehead atoms. The number of carboxylic acid groups (broad SMARTS) is 1. The van der Waals surface area contributed by atoms with Crippen LogP contribution in [0.2, 0.25) is 0 Å². The van der Waals surface area contributed by atoms with Gasteiger partial charge in [-0.15, -0.1) is 0 Å². The fourth-order valence-electron chi connectivity index (χ4n) is 2.13. The minimum Gasteiger partial charge on any atom is -0.494 e. The summed E-state index contributed by atoms with van der Waals surface area (Å²) in [4.78, 5) is 10.7. The Morgan fingerprint density at radius 3 is 2.65 bits per heavy atom. The predicted molar refractivity (Wildman–Crippen MR) is 76.1 cm³/mol. The maximum atomic E-state index is 10.7. The van der Waals surface area contributed by atoms with E-state index in [4.69, 9.17) is 14.3 Å². The highest BCUT2D eigenvalue weighted by molar-refractivity contribution is 5.70. The van der Waals surface area contributed by atoms with Crippen molar-refractivity contribution in [1.29, 1.82) is 0 Å². The molecule has 0 aliphatic carbocycles. The molecule has 2 aromatic rings. The molecule has 0 saturated carbocycles. The number of aliphatic carboxylic acids is 1. The summed E-state index contributed by atoms with van der Waals surface area (Å²) in [5.74, 6) is 1.11. The van der Waals surface area contributed by atoms with Crippen LogP contribution in [0.4, 0.5) is 0 Å². The molecule has 1 heterocycles. The largest absolute Gasteiger partial charge is 0.494 e. The van der Waals surface area contributed by atoms with Gasteiger partial charge in [0.15, 0.2) is 0 Å². The molecule has 0 aliphatic rings. The summed E-state index contributed by atoms with van der Waals surface area (Å²) in [6.07, 6.45) is -0.102. The zero-order valence-corrected chi connectivity index (χ0v) is 11.9. The molecule has 1 aromatic carbocycles. The molecule has 0 spiro atoms. The fraction of sp³-hybridized carbons (Fsp3) is 0.312. The Hall–Kier alpha value is -2.23. The summed E-state index contributed by atoms with van der Waals surface area (Å²) < 4.78 is 11.2. The van der Waals surface area contributed by atoms with Gasteiger partial charge in [0.2, 0.25) is 0 Å². The van der Waals surface area contributed by atoms with Gasteiger partial charge in [0, 0.05) is 5.56 Å². The minimum atomic E-state index is -0.898. The number of benzene rings is 1. The van der Waals surface area contributed by atoms with Crippen molar-refractivity contribution >= 4 is 5.97 Å². The van der Waals surface area contributed by atoms with Crippen LogP contribution in [0, 0.1) is 13.8 Å². The van der Waals surface area contributed by atoms with Crippen molar-refractivity contribution in [3.63, 3.8) is 0 Å². The molecule has 2 rings (SSSR count). The molecule has 0 radical (unpaired) electrons. The third kappa shape index (κ3) is 3.02. The number of carboxylic acids is 1. The Kier molecular flexibility index (Phi) is 4.13. The SMILES string of the molecule is CCOc1cc(C)c(-c2ccc(CC(=O)O)o2)cc1C. The standard InChI is InChI=1S/C16H18O4/c1-4-19-15-8-10(2)13(7-11(15)3)14-6-5-12(20-14)9-16(17)18/h5-8H,4,9H2,1-3H3,(H,17,18). The molecule has 0 unspecified atom stereocenters. The molecule has 0 saturated heterocycles. The van der Waals surface area contributed by atoms with Gasteiger partial charge in [-0.2, -0.15) is 0 Å². The normalized spacial score (nSPS) is 10.6. The van der Waals surface area contributed by atoms with Crippen molar-refractivity contribution in [3.8, 4) is 17.1 Å². The van der Waals surface area contributed by atoms with Crippen LogP contribution in [0.25, 0.3) is 11.3 Å². The van der Waals surface area contributed by atoms with Gasteiger partial charge in [-0.1, -0.05) is 0 Å². The van der Waals surface area contributed by atoms with E-state index in [0.717, 1.165) is 22.4 Å². The number of hydrogen-bond acceptors (Lipinski definition) is 3. The van der Waals surface area contributed by atoms with E-state index in [2.05, 4.69) is 0 Å². The Bertz CT molecular complexity index is 625. The monoisotopic (exact) mass is 274 g/mol. The first-order valence-corrected chi connectivity index (χ1v) is 6.56. The van der Waals surface area contributed by atoms with Gasteiger partial charge in [0.05, 0.1) is 6.61 Å². The lowest BCUT2D eigenvalue weighted by Gasteiger charge is -2.11. The molecule has 1 aromatic heterocycles. The van der Waals surface area contributed by atoms with Crippen LogP contribution >= 0.6 is 0 Å². The Labute approximate surface area is 118 Å². The van der Waals surface area contributed by atoms with E-state index >= 15 is 0 Å². The van der Waals surface area contributed by atoms with E-state index in [1.165, 1.54) is 0 Å². The van der Waals surface area contributed by atoms with Crippen molar-refractivity contribution in [2.24, 2.45) is 0 Å². The van der Waals surface area contributed by atoms with E-state index in [1.54, 1.807) is 12.1 Å². The van der Waals surface area contributed by atoms with E-state index in [0.29, 0.717) is 18.1 Å². The van der Waals surface area contributed by atoms with Crippen LogP contribution in [0.15, 0.2) is 28.7 Å². The molecule has 0 amide bonds. The first-order valence-electron chi connectivity index (χ1n) is 6.56. The van der Waals surface area contributed by atoms with Gasteiger partial charge in [-0.3, -0.25) is 4.79 Å². The quantitative estimate of drug-likeness (QED) is 0.905. The Morgan fingerprint density at radius 2 is 2.00 bits per heavy atom. The highest BCUT2D eigenvalue weighted by Crippen LogP contribution is 2.31. The average Bonchev–Trinajstić information content (AvgIpc) is 2.81. The Morgan fingerprint density at radius 1 is 1.25 bits per heavy atom. The molecular formula is C16H18O4. The zero-order chi connectivity index (χ0) is 14.7. The maximum absolute atomic E-state index is 10.7. The van der Waals surface area contributed by atoms with Crippen LogP contribution in [-0.2, 0) is 11.2 Å².